The number of carboxylic acid groups (broad SMARTS) is 1. The van der Waals surface area contributed by atoms with Gasteiger partial charge in [0.2, 0.25) is 5.91 Å². The highest BCUT2D eigenvalue weighted by Crippen LogP contribution is 2.47. The lowest BCUT2D eigenvalue weighted by molar-refractivity contribution is -0.138. The second-order valence-corrected chi connectivity index (χ2v) is 9.31. The quantitative estimate of drug-likeness (QED) is 0.471. The molecule has 7 heteroatoms. The van der Waals surface area contributed by atoms with Crippen LogP contribution in [0.4, 0.5) is 11.4 Å². The number of carbonyl (C=O) groups excluding carboxylic acids is 2. The number of ether oxygens (including phenoxy) is 1. The van der Waals surface area contributed by atoms with Crippen LogP contribution >= 0.6 is 0 Å². The molecule has 0 radical (unpaired) electrons. The third-order valence-corrected chi connectivity index (χ3v) is 6.99. The molecule has 0 fully saturated rings. The number of anilines is 2. The number of fused-ring (bicyclic) bond motifs is 1. The van der Waals surface area contributed by atoms with Crippen LogP contribution in [0.2, 0.25) is 0 Å². The molecule has 1 aliphatic heterocycles. The van der Waals surface area contributed by atoms with Crippen molar-refractivity contribution >= 4 is 29.0 Å². The van der Waals surface area contributed by atoms with Gasteiger partial charge in [-0.2, -0.15) is 0 Å². The summed E-state index contributed by atoms with van der Waals surface area (Å²) in [5.74, 6) is -0.844. The van der Waals surface area contributed by atoms with Crippen molar-refractivity contribution in [3.05, 3.63) is 101 Å². The van der Waals surface area contributed by atoms with E-state index in [1.165, 1.54) is 0 Å². The molecule has 0 saturated carbocycles. The number of rotatable bonds is 6. The van der Waals surface area contributed by atoms with Gasteiger partial charge >= 0.3 is 5.97 Å². The van der Waals surface area contributed by atoms with Crippen molar-refractivity contribution in [2.24, 2.45) is 0 Å². The van der Waals surface area contributed by atoms with Gasteiger partial charge in [-0.05, 0) is 47.7 Å². The van der Waals surface area contributed by atoms with E-state index in [0.29, 0.717) is 35.5 Å². The van der Waals surface area contributed by atoms with Crippen LogP contribution in [-0.4, -0.2) is 29.9 Å². The number of ketones is 1. The van der Waals surface area contributed by atoms with E-state index in [-0.39, 0.29) is 30.4 Å². The van der Waals surface area contributed by atoms with Gasteiger partial charge in [0.15, 0.2) is 5.78 Å². The van der Waals surface area contributed by atoms with E-state index >= 15 is 0 Å². The predicted molar refractivity (Wildman–Crippen MR) is 141 cm³/mol. The highest BCUT2D eigenvalue weighted by molar-refractivity contribution is 6.06. The first kappa shape index (κ1) is 24.3. The van der Waals surface area contributed by atoms with Gasteiger partial charge in [0.1, 0.15) is 5.75 Å². The molecule has 1 aliphatic carbocycles. The van der Waals surface area contributed by atoms with Gasteiger partial charge in [0.25, 0.3) is 0 Å². The minimum absolute atomic E-state index is 0.00679. The Balaban J connectivity index is 1.70. The first-order valence-electron chi connectivity index (χ1n) is 12.3. The van der Waals surface area contributed by atoms with Gasteiger partial charge < -0.3 is 15.2 Å². The Kier molecular flexibility index (Phi) is 6.77. The number of Topliss-reactive ketones (excluding diaryl/α,β-unsaturated/α-hetero) is 1. The monoisotopic (exact) mass is 496 g/mol. The molecule has 5 rings (SSSR count). The Labute approximate surface area is 215 Å². The molecule has 0 saturated heterocycles. The van der Waals surface area contributed by atoms with Gasteiger partial charge in [-0.25, -0.2) is 0 Å². The van der Waals surface area contributed by atoms with E-state index in [4.69, 9.17) is 4.74 Å². The van der Waals surface area contributed by atoms with Crippen molar-refractivity contribution in [2.75, 3.05) is 17.3 Å². The standard InChI is InChI=1S/C30H28N2O5/c1-37-22-11-7-10-20(16-22)30-29-24(17-21(18-26(29)33)19-8-3-2-4-9-19)31-23-12-5-6-13-25(23)32(30)27(34)14-15-28(35)36/h2-13,16,21,30-31H,14-15,17-18H2,1H3,(H,35,36)/t21-,30-/m1/s1. The number of amides is 1. The molecule has 1 amide bonds. The van der Waals surface area contributed by atoms with Crippen LogP contribution in [0.15, 0.2) is 90.1 Å². The topological polar surface area (TPSA) is 95.9 Å². The summed E-state index contributed by atoms with van der Waals surface area (Å²) < 4.78 is 5.46. The predicted octanol–water partition coefficient (Wildman–Crippen LogP) is 5.46. The van der Waals surface area contributed by atoms with Crippen LogP contribution in [0.5, 0.6) is 5.75 Å². The molecule has 2 N–H and O–H groups in total. The molecule has 188 valence electrons. The lowest BCUT2D eigenvalue weighted by atomic mass is 9.78. The van der Waals surface area contributed by atoms with Gasteiger partial charge in [-0.15, -0.1) is 0 Å². The Morgan fingerprint density at radius 1 is 0.946 bits per heavy atom. The van der Waals surface area contributed by atoms with Crippen molar-refractivity contribution in [3.63, 3.8) is 0 Å². The molecule has 0 unspecified atom stereocenters. The van der Waals surface area contributed by atoms with Gasteiger partial charge in [0.05, 0.1) is 30.9 Å². The average molecular weight is 497 g/mol. The van der Waals surface area contributed by atoms with Crippen molar-refractivity contribution in [1.29, 1.82) is 0 Å². The van der Waals surface area contributed by atoms with E-state index in [2.05, 4.69) is 5.32 Å². The zero-order valence-corrected chi connectivity index (χ0v) is 20.5. The highest BCUT2D eigenvalue weighted by Gasteiger charge is 2.41. The SMILES string of the molecule is COc1cccc([C@@H]2C3=C(C[C@@H](c4ccccc4)CC3=O)Nc3ccccc3N2C(=O)CCC(=O)O)c1. The number of para-hydroxylation sites is 2. The third kappa shape index (κ3) is 4.85. The Hall–Kier alpha value is -4.39. The molecular weight excluding hydrogens is 468 g/mol. The Morgan fingerprint density at radius 3 is 2.43 bits per heavy atom. The lowest BCUT2D eigenvalue weighted by Crippen LogP contribution is -2.38. The van der Waals surface area contributed by atoms with E-state index in [9.17, 15) is 19.5 Å². The van der Waals surface area contributed by atoms with Crippen molar-refractivity contribution in [3.8, 4) is 5.75 Å². The van der Waals surface area contributed by atoms with E-state index in [1.54, 1.807) is 12.0 Å². The summed E-state index contributed by atoms with van der Waals surface area (Å²) in [5, 5.41) is 12.8. The minimum Gasteiger partial charge on any atom is -0.497 e. The average Bonchev–Trinajstić information content (AvgIpc) is 3.07. The fraction of sp³-hybridized carbons (Fsp3) is 0.233. The number of hydrogen-bond acceptors (Lipinski definition) is 5. The van der Waals surface area contributed by atoms with E-state index in [1.807, 2.05) is 78.9 Å². The Bertz CT molecular complexity index is 1380. The maximum atomic E-state index is 13.9. The van der Waals surface area contributed by atoms with Crippen molar-refractivity contribution < 1.29 is 24.2 Å². The number of methoxy groups -OCH3 is 1. The highest BCUT2D eigenvalue weighted by atomic mass is 16.5. The fourth-order valence-corrected chi connectivity index (χ4v) is 5.29. The summed E-state index contributed by atoms with van der Waals surface area (Å²) in [5.41, 5.74) is 4.42. The molecule has 3 aromatic carbocycles. The number of nitrogens with zero attached hydrogens (tertiary/aromatic N) is 1. The number of allylic oxidation sites excluding steroid dienone is 1. The second kappa shape index (κ2) is 10.3. The molecule has 2 atom stereocenters. The molecule has 2 aliphatic rings. The van der Waals surface area contributed by atoms with Crippen molar-refractivity contribution in [2.45, 2.75) is 37.6 Å². The lowest BCUT2D eigenvalue weighted by Gasteiger charge is -2.35. The third-order valence-electron chi connectivity index (χ3n) is 6.99. The number of carbonyl (C=O) groups is 3. The summed E-state index contributed by atoms with van der Waals surface area (Å²) in [7, 11) is 1.57. The van der Waals surface area contributed by atoms with Gasteiger partial charge in [0, 0.05) is 24.1 Å². The smallest absolute Gasteiger partial charge is 0.303 e. The number of benzene rings is 3. The molecule has 37 heavy (non-hydrogen) atoms. The van der Waals surface area contributed by atoms with Crippen LogP contribution in [0.25, 0.3) is 0 Å². The van der Waals surface area contributed by atoms with Crippen LogP contribution < -0.4 is 15.0 Å². The van der Waals surface area contributed by atoms with E-state index in [0.717, 1.165) is 16.8 Å². The minimum atomic E-state index is -1.05. The van der Waals surface area contributed by atoms with Crippen LogP contribution in [0.3, 0.4) is 0 Å². The summed E-state index contributed by atoms with van der Waals surface area (Å²) in [6, 6.07) is 24.0. The van der Waals surface area contributed by atoms with Gasteiger partial charge in [-0.3, -0.25) is 19.3 Å². The largest absolute Gasteiger partial charge is 0.497 e. The van der Waals surface area contributed by atoms with E-state index < -0.39 is 12.0 Å². The molecule has 0 bridgehead atoms. The zero-order valence-electron chi connectivity index (χ0n) is 20.5. The molecular formula is C30H28N2O5. The number of hydrogen-bond donors (Lipinski definition) is 2. The number of nitrogens with one attached hydrogen (secondary N) is 1. The first-order chi connectivity index (χ1) is 18.0. The number of aliphatic carboxylic acids is 1. The summed E-state index contributed by atoms with van der Waals surface area (Å²) >= 11 is 0. The summed E-state index contributed by atoms with van der Waals surface area (Å²) in [6.45, 7) is 0. The maximum absolute atomic E-state index is 13.9. The molecule has 0 aromatic heterocycles. The maximum Gasteiger partial charge on any atom is 0.303 e. The molecule has 0 spiro atoms. The molecule has 3 aromatic rings. The summed E-state index contributed by atoms with van der Waals surface area (Å²) in [6.07, 6.45) is 0.439. The zero-order chi connectivity index (χ0) is 25.9. The Morgan fingerprint density at radius 2 is 1.68 bits per heavy atom. The molecule has 1 heterocycles. The van der Waals surface area contributed by atoms with Crippen molar-refractivity contribution in [1.82, 2.24) is 0 Å². The normalized spacial score (nSPS) is 18.8. The second-order valence-electron chi connectivity index (χ2n) is 9.31. The molecule has 7 nitrogen and oxygen atoms in total. The first-order valence-corrected chi connectivity index (χ1v) is 12.3. The van der Waals surface area contributed by atoms with Crippen LogP contribution in [0, 0.1) is 0 Å². The van der Waals surface area contributed by atoms with Gasteiger partial charge in [-0.1, -0.05) is 54.6 Å². The fourth-order valence-electron chi connectivity index (χ4n) is 5.29. The van der Waals surface area contributed by atoms with Crippen LogP contribution in [-0.2, 0) is 14.4 Å². The van der Waals surface area contributed by atoms with Crippen LogP contribution in [0.1, 0.15) is 48.8 Å². The number of carboxylic acids is 1. The summed E-state index contributed by atoms with van der Waals surface area (Å²) in [4.78, 5) is 40.5.